The van der Waals surface area contributed by atoms with E-state index in [0.717, 1.165) is 11.1 Å². The Morgan fingerprint density at radius 1 is 1.00 bits per heavy atom. The predicted octanol–water partition coefficient (Wildman–Crippen LogP) is 3.19. The number of esters is 1. The van der Waals surface area contributed by atoms with Crippen LogP contribution in [0.4, 0.5) is 0 Å². The van der Waals surface area contributed by atoms with Gasteiger partial charge in [0.05, 0.1) is 0 Å². The summed E-state index contributed by atoms with van der Waals surface area (Å²) in [7, 11) is 0. The zero-order valence-corrected chi connectivity index (χ0v) is 14.7. The molecule has 2 rings (SSSR count). The molecule has 0 aromatic heterocycles. The average Bonchev–Trinajstić information content (AvgIpc) is 2.66. The van der Waals surface area contributed by atoms with E-state index in [1.807, 2.05) is 60.7 Å². The lowest BCUT2D eigenvalue weighted by molar-refractivity contribution is -0.139. The molecule has 0 saturated heterocycles. The van der Waals surface area contributed by atoms with Crippen LogP contribution in [0, 0.1) is 11.8 Å². The van der Waals surface area contributed by atoms with Crippen LogP contribution in [0.5, 0.6) is 0 Å². The molecule has 0 spiro atoms. The molecule has 26 heavy (non-hydrogen) atoms. The molecular weight excluding hydrogens is 326 g/mol. The third kappa shape index (κ3) is 7.06. The Kier molecular flexibility index (Phi) is 7.70. The summed E-state index contributed by atoms with van der Waals surface area (Å²) in [5, 5.41) is 0. The fraction of sp³-hybridized carbons (Fsp3) is 0.182. The maximum atomic E-state index is 12.5. The first-order chi connectivity index (χ1) is 12.6. The molecule has 0 aliphatic carbocycles. The molecule has 4 nitrogen and oxygen atoms in total. The minimum Gasteiger partial charge on any atom is -0.462 e. The molecule has 0 fully saturated rings. The summed E-state index contributed by atoms with van der Waals surface area (Å²) in [6.07, 6.45) is 3.52. The number of rotatable bonds is 6. The minimum atomic E-state index is -0.333. The standard InChI is InChI=1S/C22H21NO3/c1-19(24)26-17-9-8-16-23(18-21-12-6-3-7-13-21)22(25)15-14-20-10-4-2-5-11-20/h2-13H,16-18H2,1H3/b9-8+. The molecule has 0 radical (unpaired) electrons. The Morgan fingerprint density at radius 3 is 2.31 bits per heavy atom. The van der Waals surface area contributed by atoms with Crippen LogP contribution in [0.2, 0.25) is 0 Å². The van der Waals surface area contributed by atoms with E-state index in [4.69, 9.17) is 4.74 Å². The first-order valence-electron chi connectivity index (χ1n) is 8.33. The highest BCUT2D eigenvalue weighted by atomic mass is 16.5. The number of hydrogen-bond donors (Lipinski definition) is 0. The Hall–Kier alpha value is -3.32. The number of amides is 1. The first kappa shape index (κ1) is 19.0. The van der Waals surface area contributed by atoms with E-state index < -0.39 is 0 Å². The summed E-state index contributed by atoms with van der Waals surface area (Å²) < 4.78 is 4.85. The first-order valence-corrected chi connectivity index (χ1v) is 8.33. The summed E-state index contributed by atoms with van der Waals surface area (Å²) in [5.41, 5.74) is 1.82. The molecule has 0 aliphatic rings. The fourth-order valence-corrected chi connectivity index (χ4v) is 2.18. The molecule has 0 bridgehead atoms. The van der Waals surface area contributed by atoms with Gasteiger partial charge in [-0.2, -0.15) is 0 Å². The molecular formula is C22H21NO3. The van der Waals surface area contributed by atoms with Crippen LogP contribution in [0.1, 0.15) is 18.1 Å². The highest BCUT2D eigenvalue weighted by Gasteiger charge is 2.10. The number of nitrogens with zero attached hydrogens (tertiary/aromatic N) is 1. The van der Waals surface area contributed by atoms with Crippen LogP contribution in [0.3, 0.4) is 0 Å². The van der Waals surface area contributed by atoms with E-state index in [2.05, 4.69) is 11.8 Å². The molecule has 4 heteroatoms. The second kappa shape index (κ2) is 10.5. The van der Waals surface area contributed by atoms with Gasteiger partial charge in [0.25, 0.3) is 5.91 Å². The molecule has 0 N–H and O–H groups in total. The highest BCUT2D eigenvalue weighted by molar-refractivity contribution is 5.94. The maximum absolute atomic E-state index is 12.5. The number of carbonyl (C=O) groups excluding carboxylic acids is 2. The predicted molar refractivity (Wildman–Crippen MR) is 101 cm³/mol. The smallest absolute Gasteiger partial charge is 0.302 e. The van der Waals surface area contributed by atoms with Crippen molar-refractivity contribution in [1.29, 1.82) is 0 Å². The van der Waals surface area contributed by atoms with Crippen molar-refractivity contribution in [3.63, 3.8) is 0 Å². The van der Waals surface area contributed by atoms with Crippen molar-refractivity contribution in [3.8, 4) is 11.8 Å². The maximum Gasteiger partial charge on any atom is 0.302 e. The molecule has 0 atom stereocenters. The van der Waals surface area contributed by atoms with Crippen LogP contribution in [0.25, 0.3) is 0 Å². The Labute approximate surface area is 154 Å². The van der Waals surface area contributed by atoms with E-state index in [0.29, 0.717) is 13.1 Å². The highest BCUT2D eigenvalue weighted by Crippen LogP contribution is 2.05. The normalized spacial score (nSPS) is 10.0. The third-order valence-corrected chi connectivity index (χ3v) is 3.47. The lowest BCUT2D eigenvalue weighted by Crippen LogP contribution is -2.29. The Balaban J connectivity index is 2.05. The summed E-state index contributed by atoms with van der Waals surface area (Å²) in [4.78, 5) is 24.9. The number of carbonyl (C=O) groups is 2. The molecule has 0 saturated carbocycles. The van der Waals surface area contributed by atoms with E-state index in [9.17, 15) is 9.59 Å². The SMILES string of the molecule is CC(=O)OC/C=C/CN(Cc1ccccc1)C(=O)C#Cc1ccccc1. The number of benzene rings is 2. The van der Waals surface area contributed by atoms with Gasteiger partial charge in [0, 0.05) is 31.5 Å². The van der Waals surface area contributed by atoms with Crippen molar-refractivity contribution in [2.45, 2.75) is 13.5 Å². The van der Waals surface area contributed by atoms with Gasteiger partial charge in [-0.05, 0) is 23.8 Å². The van der Waals surface area contributed by atoms with E-state index in [-0.39, 0.29) is 18.5 Å². The van der Waals surface area contributed by atoms with Crippen LogP contribution >= 0.6 is 0 Å². The zero-order valence-electron chi connectivity index (χ0n) is 14.7. The van der Waals surface area contributed by atoms with Gasteiger partial charge in [-0.3, -0.25) is 9.59 Å². The largest absolute Gasteiger partial charge is 0.462 e. The summed E-state index contributed by atoms with van der Waals surface area (Å²) in [6, 6.07) is 19.1. The molecule has 1 amide bonds. The van der Waals surface area contributed by atoms with Gasteiger partial charge in [-0.25, -0.2) is 0 Å². The van der Waals surface area contributed by atoms with Gasteiger partial charge in [-0.15, -0.1) is 0 Å². The molecule has 2 aromatic carbocycles. The minimum absolute atomic E-state index is 0.193. The van der Waals surface area contributed by atoms with Crippen LogP contribution in [-0.2, 0) is 20.9 Å². The molecule has 132 valence electrons. The zero-order chi connectivity index (χ0) is 18.6. The summed E-state index contributed by atoms with van der Waals surface area (Å²) in [5.74, 6) is 5.00. The summed E-state index contributed by atoms with van der Waals surface area (Å²) in [6.45, 7) is 2.40. The van der Waals surface area contributed by atoms with Crippen molar-refractivity contribution in [2.24, 2.45) is 0 Å². The molecule has 0 heterocycles. The van der Waals surface area contributed by atoms with E-state index >= 15 is 0 Å². The van der Waals surface area contributed by atoms with Crippen molar-refractivity contribution in [3.05, 3.63) is 83.9 Å². The van der Waals surface area contributed by atoms with Crippen LogP contribution in [-0.4, -0.2) is 29.9 Å². The Morgan fingerprint density at radius 2 is 1.65 bits per heavy atom. The van der Waals surface area contributed by atoms with E-state index in [1.165, 1.54) is 6.92 Å². The van der Waals surface area contributed by atoms with Crippen molar-refractivity contribution in [1.82, 2.24) is 4.90 Å². The van der Waals surface area contributed by atoms with Gasteiger partial charge < -0.3 is 9.64 Å². The average molecular weight is 347 g/mol. The number of hydrogen-bond acceptors (Lipinski definition) is 3. The van der Waals surface area contributed by atoms with E-state index in [1.54, 1.807) is 17.1 Å². The van der Waals surface area contributed by atoms with Crippen LogP contribution in [0.15, 0.2) is 72.8 Å². The van der Waals surface area contributed by atoms with Gasteiger partial charge in [0.15, 0.2) is 0 Å². The quantitative estimate of drug-likeness (QED) is 0.458. The van der Waals surface area contributed by atoms with Gasteiger partial charge in [0.2, 0.25) is 0 Å². The third-order valence-electron chi connectivity index (χ3n) is 3.47. The molecule has 2 aromatic rings. The second-order valence-electron chi connectivity index (χ2n) is 5.56. The lowest BCUT2D eigenvalue weighted by atomic mass is 10.2. The lowest BCUT2D eigenvalue weighted by Gasteiger charge is -2.18. The molecule has 0 unspecified atom stereocenters. The second-order valence-corrected chi connectivity index (χ2v) is 5.56. The van der Waals surface area contributed by atoms with Gasteiger partial charge >= 0.3 is 5.97 Å². The topological polar surface area (TPSA) is 46.6 Å². The van der Waals surface area contributed by atoms with Crippen LogP contribution < -0.4 is 0 Å². The fourth-order valence-electron chi connectivity index (χ4n) is 2.18. The van der Waals surface area contributed by atoms with Crippen molar-refractivity contribution < 1.29 is 14.3 Å². The van der Waals surface area contributed by atoms with Gasteiger partial charge in [0.1, 0.15) is 6.61 Å². The summed E-state index contributed by atoms with van der Waals surface area (Å²) >= 11 is 0. The van der Waals surface area contributed by atoms with Crippen molar-refractivity contribution >= 4 is 11.9 Å². The van der Waals surface area contributed by atoms with Crippen molar-refractivity contribution in [2.75, 3.05) is 13.2 Å². The Bertz CT molecular complexity index is 802. The molecule has 0 aliphatic heterocycles. The number of ether oxygens (including phenoxy) is 1. The monoisotopic (exact) mass is 347 g/mol. The van der Waals surface area contributed by atoms with Gasteiger partial charge in [-0.1, -0.05) is 60.5 Å².